The number of aryl methyl sites for hydroxylation is 1. The summed E-state index contributed by atoms with van der Waals surface area (Å²) in [4.78, 5) is 59.1. The van der Waals surface area contributed by atoms with Gasteiger partial charge in [0.05, 0.1) is 12.1 Å². The van der Waals surface area contributed by atoms with Gasteiger partial charge in [-0.1, -0.05) is 31.5 Å². The first-order valence-corrected chi connectivity index (χ1v) is 12.6. The standard InChI is InChI=1S/C25H33N5O4S/c1-17(2)14-30(24(34)20-7-5-18(3)6-8-20)15-22(32)27-25-26-21(16-35-25)13-23(33)29-11-9-28(10-12-29)19(4)31/h5-8,16-17H,9-15H2,1-4H3,(H,26,27,32). The van der Waals surface area contributed by atoms with Gasteiger partial charge in [-0.2, -0.15) is 0 Å². The molecule has 1 N–H and O–H groups in total. The van der Waals surface area contributed by atoms with E-state index in [0.717, 1.165) is 5.56 Å². The van der Waals surface area contributed by atoms with Crippen molar-refractivity contribution in [2.45, 2.75) is 34.1 Å². The van der Waals surface area contributed by atoms with Crippen molar-refractivity contribution in [3.63, 3.8) is 0 Å². The van der Waals surface area contributed by atoms with E-state index >= 15 is 0 Å². The molecule has 0 spiro atoms. The Labute approximate surface area is 210 Å². The highest BCUT2D eigenvalue weighted by atomic mass is 32.1. The number of carbonyl (C=O) groups excluding carboxylic acids is 4. The second-order valence-electron chi connectivity index (χ2n) is 9.20. The van der Waals surface area contributed by atoms with Crippen LogP contribution in [0.15, 0.2) is 29.6 Å². The summed E-state index contributed by atoms with van der Waals surface area (Å²) < 4.78 is 0. The predicted molar refractivity (Wildman–Crippen MR) is 135 cm³/mol. The van der Waals surface area contributed by atoms with Crippen LogP contribution in [0.4, 0.5) is 5.13 Å². The molecule has 2 heterocycles. The molecule has 0 saturated carbocycles. The van der Waals surface area contributed by atoms with Crippen LogP contribution in [-0.2, 0) is 20.8 Å². The van der Waals surface area contributed by atoms with Crippen LogP contribution in [0.2, 0.25) is 0 Å². The lowest BCUT2D eigenvalue weighted by Crippen LogP contribution is -2.50. The Bertz CT molecular complexity index is 1060. The third-order valence-corrected chi connectivity index (χ3v) is 6.52. The van der Waals surface area contributed by atoms with Gasteiger partial charge in [0.25, 0.3) is 5.91 Å². The van der Waals surface area contributed by atoms with E-state index in [0.29, 0.717) is 49.1 Å². The maximum atomic E-state index is 13.0. The van der Waals surface area contributed by atoms with Gasteiger partial charge in [0, 0.05) is 50.6 Å². The van der Waals surface area contributed by atoms with E-state index < -0.39 is 0 Å². The number of carbonyl (C=O) groups is 4. The number of thiazole rings is 1. The molecule has 1 saturated heterocycles. The summed E-state index contributed by atoms with van der Waals surface area (Å²) in [6.07, 6.45) is 0.137. The van der Waals surface area contributed by atoms with Crippen LogP contribution in [0.25, 0.3) is 0 Å². The molecule has 1 aliphatic heterocycles. The van der Waals surface area contributed by atoms with E-state index in [4.69, 9.17) is 0 Å². The number of aromatic nitrogens is 1. The van der Waals surface area contributed by atoms with E-state index in [1.54, 1.807) is 32.2 Å². The monoisotopic (exact) mass is 499 g/mol. The van der Waals surface area contributed by atoms with Crippen molar-refractivity contribution in [1.82, 2.24) is 19.7 Å². The minimum Gasteiger partial charge on any atom is -0.339 e. The number of amides is 4. The van der Waals surface area contributed by atoms with Crippen LogP contribution in [0.3, 0.4) is 0 Å². The maximum absolute atomic E-state index is 13.0. The van der Waals surface area contributed by atoms with Crippen LogP contribution in [0, 0.1) is 12.8 Å². The summed E-state index contributed by atoms with van der Waals surface area (Å²) in [6, 6.07) is 7.30. The molecule has 0 atom stereocenters. The Morgan fingerprint density at radius 3 is 2.29 bits per heavy atom. The minimum atomic E-state index is -0.335. The van der Waals surface area contributed by atoms with Gasteiger partial charge in [0.15, 0.2) is 5.13 Å². The zero-order chi connectivity index (χ0) is 25.5. The second-order valence-corrected chi connectivity index (χ2v) is 10.1. The lowest BCUT2D eigenvalue weighted by molar-refractivity contribution is -0.138. The van der Waals surface area contributed by atoms with Crippen LogP contribution >= 0.6 is 11.3 Å². The molecule has 0 radical (unpaired) electrons. The molecule has 1 aromatic heterocycles. The maximum Gasteiger partial charge on any atom is 0.254 e. The van der Waals surface area contributed by atoms with Gasteiger partial charge in [0.2, 0.25) is 17.7 Å². The highest BCUT2D eigenvalue weighted by Crippen LogP contribution is 2.17. The van der Waals surface area contributed by atoms with Crippen LogP contribution in [0.1, 0.15) is 42.4 Å². The van der Waals surface area contributed by atoms with Gasteiger partial charge < -0.3 is 20.0 Å². The van der Waals surface area contributed by atoms with Crippen LogP contribution in [-0.4, -0.2) is 82.6 Å². The van der Waals surface area contributed by atoms with E-state index in [2.05, 4.69) is 10.3 Å². The summed E-state index contributed by atoms with van der Waals surface area (Å²) in [7, 11) is 0. The number of anilines is 1. The third-order valence-electron chi connectivity index (χ3n) is 5.71. The Morgan fingerprint density at radius 1 is 1.06 bits per heavy atom. The molecular weight excluding hydrogens is 466 g/mol. The zero-order valence-corrected chi connectivity index (χ0v) is 21.6. The highest BCUT2D eigenvalue weighted by Gasteiger charge is 2.24. The smallest absolute Gasteiger partial charge is 0.254 e. The van der Waals surface area contributed by atoms with Crippen molar-refractivity contribution in [1.29, 1.82) is 0 Å². The average Bonchev–Trinajstić information content (AvgIpc) is 3.24. The van der Waals surface area contributed by atoms with E-state index in [1.807, 2.05) is 32.9 Å². The average molecular weight is 500 g/mol. The van der Waals surface area contributed by atoms with Gasteiger partial charge >= 0.3 is 0 Å². The topological polar surface area (TPSA) is 103 Å². The minimum absolute atomic E-state index is 0.0181. The fraction of sp³-hybridized carbons (Fsp3) is 0.480. The first-order chi connectivity index (χ1) is 16.6. The van der Waals surface area contributed by atoms with Crippen LogP contribution < -0.4 is 5.32 Å². The number of hydrogen-bond donors (Lipinski definition) is 1. The Balaban J connectivity index is 1.55. The molecule has 9 nitrogen and oxygen atoms in total. The zero-order valence-electron chi connectivity index (χ0n) is 20.7. The van der Waals surface area contributed by atoms with E-state index in [1.165, 1.54) is 18.3 Å². The van der Waals surface area contributed by atoms with Gasteiger partial charge in [-0.15, -0.1) is 11.3 Å². The Kier molecular flexibility index (Phi) is 8.97. The van der Waals surface area contributed by atoms with Gasteiger partial charge in [-0.25, -0.2) is 4.98 Å². The molecule has 0 unspecified atom stereocenters. The number of nitrogens with zero attached hydrogens (tertiary/aromatic N) is 4. The van der Waals surface area contributed by atoms with Crippen LogP contribution in [0.5, 0.6) is 0 Å². The van der Waals surface area contributed by atoms with Crippen molar-refractivity contribution in [3.05, 3.63) is 46.5 Å². The van der Waals surface area contributed by atoms with Gasteiger partial charge in [0.1, 0.15) is 6.54 Å². The lowest BCUT2D eigenvalue weighted by Gasteiger charge is -2.34. The first kappa shape index (κ1) is 26.3. The first-order valence-electron chi connectivity index (χ1n) is 11.8. The third kappa shape index (κ3) is 7.61. The van der Waals surface area contributed by atoms with Gasteiger partial charge in [-0.05, 0) is 25.0 Å². The molecule has 35 heavy (non-hydrogen) atoms. The highest BCUT2D eigenvalue weighted by molar-refractivity contribution is 7.13. The molecule has 1 aliphatic rings. The van der Waals surface area contributed by atoms with E-state index in [-0.39, 0.29) is 42.5 Å². The fourth-order valence-corrected chi connectivity index (χ4v) is 4.58. The molecule has 10 heteroatoms. The molecule has 2 aromatic rings. The Hall–Kier alpha value is -3.27. The summed E-state index contributed by atoms with van der Waals surface area (Å²) in [5.74, 6) is -0.359. The summed E-state index contributed by atoms with van der Waals surface area (Å²) in [5, 5.41) is 4.91. The molecule has 3 rings (SSSR count). The van der Waals surface area contributed by atoms with E-state index in [9.17, 15) is 19.2 Å². The number of piperazine rings is 1. The molecular formula is C25H33N5O4S. The molecule has 4 amide bonds. The van der Waals surface area contributed by atoms with Crippen molar-refractivity contribution in [2.75, 3.05) is 44.6 Å². The van der Waals surface area contributed by atoms with Crippen molar-refractivity contribution in [3.8, 4) is 0 Å². The summed E-state index contributed by atoms with van der Waals surface area (Å²) in [5.41, 5.74) is 2.19. The van der Waals surface area contributed by atoms with Crippen molar-refractivity contribution < 1.29 is 19.2 Å². The summed E-state index contributed by atoms with van der Waals surface area (Å²) >= 11 is 1.25. The second kappa shape index (κ2) is 11.9. The SMILES string of the molecule is CC(=O)N1CCN(C(=O)Cc2csc(NC(=O)CN(CC(C)C)C(=O)c3ccc(C)cc3)n2)CC1. The quantitative estimate of drug-likeness (QED) is 0.601. The number of hydrogen-bond acceptors (Lipinski definition) is 6. The molecule has 1 fully saturated rings. The molecule has 1 aromatic carbocycles. The summed E-state index contributed by atoms with van der Waals surface area (Å²) in [6.45, 7) is 9.94. The number of rotatable bonds is 8. The molecule has 0 bridgehead atoms. The molecule has 0 aliphatic carbocycles. The van der Waals surface area contributed by atoms with Crippen molar-refractivity contribution >= 4 is 40.1 Å². The Morgan fingerprint density at radius 2 is 1.69 bits per heavy atom. The van der Waals surface area contributed by atoms with Crippen molar-refractivity contribution in [2.24, 2.45) is 5.92 Å². The predicted octanol–water partition coefficient (Wildman–Crippen LogP) is 2.42. The number of nitrogens with one attached hydrogen (secondary N) is 1. The number of benzene rings is 1. The molecule has 188 valence electrons. The fourth-order valence-electron chi connectivity index (χ4n) is 3.85. The lowest BCUT2D eigenvalue weighted by atomic mass is 10.1. The van der Waals surface area contributed by atoms with Gasteiger partial charge in [-0.3, -0.25) is 19.2 Å². The normalized spacial score (nSPS) is 13.6. The largest absolute Gasteiger partial charge is 0.339 e.